The van der Waals surface area contributed by atoms with Crippen LogP contribution in [0.3, 0.4) is 0 Å². The molecule has 0 amide bonds. The van der Waals surface area contributed by atoms with Gasteiger partial charge in [0.2, 0.25) is 0 Å². The Labute approximate surface area is 104 Å². The Hall–Kier alpha value is 0.150. The Balaban J connectivity index is 3.15. The summed E-state index contributed by atoms with van der Waals surface area (Å²) in [6, 6.07) is 5.51. The van der Waals surface area contributed by atoms with Gasteiger partial charge >= 0.3 is 5.97 Å². The summed E-state index contributed by atoms with van der Waals surface area (Å²) in [5.74, 6) is -0.841. The van der Waals surface area contributed by atoms with Crippen LogP contribution in [0.4, 0.5) is 0 Å². The van der Waals surface area contributed by atoms with Crippen LogP contribution in [0.2, 0.25) is 0 Å². The Morgan fingerprint density at radius 1 is 1.31 bits per heavy atom. The zero-order valence-electron chi connectivity index (χ0n) is 6.76. The van der Waals surface area contributed by atoms with Gasteiger partial charge in [0.15, 0.2) is 0 Å². The van der Waals surface area contributed by atoms with Crippen LogP contribution in [0.5, 0.6) is 0 Å². The molecule has 1 rings (SSSR count). The van der Waals surface area contributed by atoms with Crippen molar-refractivity contribution in [1.82, 2.24) is 0 Å². The molecule has 0 saturated carbocycles. The second-order valence-electron chi connectivity index (χ2n) is 2.56. The first-order chi connectivity index (χ1) is 6.19. The van der Waals surface area contributed by atoms with Gasteiger partial charge in [0.1, 0.15) is 0 Å². The second-order valence-corrected chi connectivity index (χ2v) is 4.09. The smallest absolute Gasteiger partial charge is 0.335 e. The summed E-state index contributed by atoms with van der Waals surface area (Å²) in [6.07, 6.45) is 0. The molecule has 4 heteroatoms. The Bertz CT molecular complexity index is 323. The van der Waals surface area contributed by atoms with E-state index in [1.54, 1.807) is 6.07 Å². The lowest BCUT2D eigenvalue weighted by atomic mass is 10.1. The van der Waals surface area contributed by atoms with Gasteiger partial charge in [-0.05, 0) is 17.2 Å². The maximum atomic E-state index is 10.8. The zero-order valence-corrected chi connectivity index (χ0v) is 11.1. The number of hydrogen-bond acceptors (Lipinski definition) is 1. The van der Waals surface area contributed by atoms with E-state index < -0.39 is 5.97 Å². The molecule has 0 fully saturated rings. The molecule has 0 heterocycles. The molecule has 1 N–H and O–H groups in total. The van der Waals surface area contributed by atoms with Gasteiger partial charge in [-0.15, -0.1) is 0 Å². The number of carboxylic acid groups (broad SMARTS) is 1. The van der Waals surface area contributed by atoms with E-state index in [9.17, 15) is 4.79 Å². The van der Waals surface area contributed by atoms with Gasteiger partial charge in [0.05, 0.1) is 5.56 Å². The van der Waals surface area contributed by atoms with Crippen LogP contribution in [0.1, 0.15) is 21.5 Å². The van der Waals surface area contributed by atoms with Crippen LogP contribution >= 0.6 is 45.2 Å². The molecule has 1 aromatic carbocycles. The zero-order chi connectivity index (χ0) is 9.84. The maximum Gasteiger partial charge on any atom is 0.335 e. The Morgan fingerprint density at radius 3 is 2.46 bits per heavy atom. The van der Waals surface area contributed by atoms with Crippen LogP contribution in [0, 0.1) is 0 Å². The van der Waals surface area contributed by atoms with E-state index in [0.29, 0.717) is 5.56 Å². The number of hydrogen-bond donors (Lipinski definition) is 1. The molecule has 0 aliphatic heterocycles. The standard InChI is InChI=1S/C9H8I2O2/c10-4-6-1-2-8(9(12)13)7(3-6)5-11/h1-3H,4-5H2,(H,12,13). The highest BCUT2D eigenvalue weighted by Gasteiger charge is 2.08. The fourth-order valence-corrected chi connectivity index (χ4v) is 2.15. The summed E-state index contributed by atoms with van der Waals surface area (Å²) in [6.45, 7) is 0. The minimum Gasteiger partial charge on any atom is -0.478 e. The first-order valence-electron chi connectivity index (χ1n) is 3.66. The van der Waals surface area contributed by atoms with Gasteiger partial charge in [-0.2, -0.15) is 0 Å². The van der Waals surface area contributed by atoms with Gasteiger partial charge < -0.3 is 5.11 Å². The van der Waals surface area contributed by atoms with E-state index >= 15 is 0 Å². The average Bonchev–Trinajstić information content (AvgIpc) is 2.16. The molecule has 70 valence electrons. The van der Waals surface area contributed by atoms with Crippen molar-refractivity contribution in [3.63, 3.8) is 0 Å². The monoisotopic (exact) mass is 402 g/mol. The largest absolute Gasteiger partial charge is 0.478 e. The molecule has 0 aromatic heterocycles. The van der Waals surface area contributed by atoms with Crippen molar-refractivity contribution in [3.05, 3.63) is 34.9 Å². The van der Waals surface area contributed by atoms with E-state index in [4.69, 9.17) is 5.11 Å². The molecule has 0 atom stereocenters. The average molecular weight is 402 g/mol. The predicted octanol–water partition coefficient (Wildman–Crippen LogP) is 3.25. The van der Waals surface area contributed by atoms with E-state index in [1.807, 2.05) is 12.1 Å². The van der Waals surface area contributed by atoms with Crippen LogP contribution in [-0.2, 0) is 8.86 Å². The predicted molar refractivity (Wildman–Crippen MR) is 68.8 cm³/mol. The van der Waals surface area contributed by atoms with E-state index in [0.717, 1.165) is 14.4 Å². The minimum absolute atomic E-state index is 0.419. The third-order valence-electron chi connectivity index (χ3n) is 1.70. The highest BCUT2D eigenvalue weighted by molar-refractivity contribution is 14.1. The first-order valence-corrected chi connectivity index (χ1v) is 6.71. The third kappa shape index (κ3) is 2.80. The Kier molecular flexibility index (Phi) is 4.43. The van der Waals surface area contributed by atoms with Crippen LogP contribution in [0.25, 0.3) is 0 Å². The summed E-state index contributed by atoms with van der Waals surface area (Å²) in [7, 11) is 0. The lowest BCUT2D eigenvalue weighted by molar-refractivity contribution is 0.0696. The minimum atomic E-state index is -0.841. The maximum absolute atomic E-state index is 10.8. The summed E-state index contributed by atoms with van der Waals surface area (Å²) in [5, 5.41) is 8.86. The summed E-state index contributed by atoms with van der Waals surface area (Å²) in [5.41, 5.74) is 2.50. The van der Waals surface area contributed by atoms with Gasteiger partial charge in [-0.1, -0.05) is 57.3 Å². The molecule has 0 saturated heterocycles. The normalized spacial score (nSPS) is 10.0. The van der Waals surface area contributed by atoms with E-state index in [2.05, 4.69) is 45.2 Å². The number of carboxylic acids is 1. The van der Waals surface area contributed by atoms with Crippen molar-refractivity contribution < 1.29 is 9.90 Å². The first kappa shape index (κ1) is 11.2. The van der Waals surface area contributed by atoms with Crippen molar-refractivity contribution in [3.8, 4) is 0 Å². The lowest BCUT2D eigenvalue weighted by Crippen LogP contribution is -2.01. The SMILES string of the molecule is O=C(O)c1ccc(CI)cc1CI. The lowest BCUT2D eigenvalue weighted by Gasteiger charge is -2.04. The molecule has 0 aliphatic rings. The van der Waals surface area contributed by atoms with Crippen molar-refractivity contribution in [1.29, 1.82) is 0 Å². The molecule has 0 bridgehead atoms. The van der Waals surface area contributed by atoms with Crippen LogP contribution in [-0.4, -0.2) is 11.1 Å². The number of halogens is 2. The van der Waals surface area contributed by atoms with Gasteiger partial charge in [-0.3, -0.25) is 0 Å². The highest BCUT2D eigenvalue weighted by Crippen LogP contribution is 2.17. The van der Waals surface area contributed by atoms with Gasteiger partial charge in [-0.25, -0.2) is 4.79 Å². The second kappa shape index (κ2) is 5.14. The highest BCUT2D eigenvalue weighted by atomic mass is 127. The number of aromatic carboxylic acids is 1. The summed E-state index contributed by atoms with van der Waals surface area (Å²) in [4.78, 5) is 10.8. The van der Waals surface area contributed by atoms with Crippen LogP contribution < -0.4 is 0 Å². The summed E-state index contributed by atoms with van der Waals surface area (Å²) < 4.78 is 1.66. The van der Waals surface area contributed by atoms with Gasteiger partial charge in [0, 0.05) is 8.86 Å². The van der Waals surface area contributed by atoms with Crippen molar-refractivity contribution in [2.75, 3.05) is 0 Å². The van der Waals surface area contributed by atoms with Crippen molar-refractivity contribution in [2.24, 2.45) is 0 Å². The molecular weight excluding hydrogens is 394 g/mol. The molecule has 1 aromatic rings. The molecule has 0 spiro atoms. The molecular formula is C9H8I2O2. The van der Waals surface area contributed by atoms with Crippen molar-refractivity contribution >= 4 is 51.2 Å². The fraction of sp³-hybridized carbons (Fsp3) is 0.222. The molecule has 13 heavy (non-hydrogen) atoms. The van der Waals surface area contributed by atoms with E-state index in [-0.39, 0.29) is 0 Å². The molecule has 2 nitrogen and oxygen atoms in total. The number of benzene rings is 1. The fourth-order valence-electron chi connectivity index (χ4n) is 1.05. The Morgan fingerprint density at radius 2 is 2.00 bits per heavy atom. The summed E-state index contributed by atoms with van der Waals surface area (Å²) >= 11 is 4.44. The molecule has 0 unspecified atom stereocenters. The third-order valence-corrected chi connectivity index (χ3v) is 3.40. The van der Waals surface area contributed by atoms with Gasteiger partial charge in [0.25, 0.3) is 0 Å². The quantitative estimate of drug-likeness (QED) is 0.623. The number of alkyl halides is 2. The van der Waals surface area contributed by atoms with Crippen molar-refractivity contribution in [2.45, 2.75) is 8.86 Å². The van der Waals surface area contributed by atoms with E-state index in [1.165, 1.54) is 5.56 Å². The topological polar surface area (TPSA) is 37.3 Å². The number of rotatable bonds is 3. The number of carbonyl (C=O) groups is 1. The van der Waals surface area contributed by atoms with Crippen LogP contribution in [0.15, 0.2) is 18.2 Å². The molecule has 0 aliphatic carbocycles. The molecule has 0 radical (unpaired) electrons.